The molecule has 0 amide bonds. The van der Waals surface area contributed by atoms with E-state index in [1.165, 1.54) is 7.11 Å². The third-order valence-electron chi connectivity index (χ3n) is 3.68. The van der Waals surface area contributed by atoms with Gasteiger partial charge in [0.25, 0.3) is 0 Å². The molecule has 2 heterocycles. The molecule has 0 saturated carbocycles. The number of allylic oxidation sites excluding steroid dienone is 2. The Labute approximate surface area is 146 Å². The van der Waals surface area contributed by atoms with Crippen LogP contribution in [-0.2, 0) is 19.1 Å². The number of nitriles is 1. The predicted octanol–water partition coefficient (Wildman–Crippen LogP) is 1.94. The van der Waals surface area contributed by atoms with Gasteiger partial charge in [0.2, 0.25) is 0 Å². The molecule has 0 radical (unpaired) electrons. The Morgan fingerprint density at radius 2 is 1.88 bits per heavy atom. The Morgan fingerprint density at radius 1 is 1.24 bits per heavy atom. The fraction of sp³-hybridized carbons (Fsp3) is 0.333. The normalized spacial score (nSPS) is 17.0. The van der Waals surface area contributed by atoms with Gasteiger partial charge in [0.05, 0.1) is 30.3 Å². The van der Waals surface area contributed by atoms with Gasteiger partial charge in [-0.05, 0) is 38.5 Å². The van der Waals surface area contributed by atoms with Gasteiger partial charge in [0.15, 0.2) is 0 Å². The van der Waals surface area contributed by atoms with Gasteiger partial charge in [-0.2, -0.15) is 5.26 Å². The van der Waals surface area contributed by atoms with Crippen molar-refractivity contribution in [1.82, 2.24) is 10.3 Å². The van der Waals surface area contributed by atoms with Crippen LogP contribution in [0.4, 0.5) is 0 Å². The van der Waals surface area contributed by atoms with Crippen LogP contribution in [0.5, 0.6) is 0 Å². The summed E-state index contributed by atoms with van der Waals surface area (Å²) in [5.74, 6) is -2.02. The second-order valence-corrected chi connectivity index (χ2v) is 5.72. The van der Waals surface area contributed by atoms with Crippen LogP contribution in [0.3, 0.4) is 0 Å². The number of aromatic nitrogens is 1. The van der Waals surface area contributed by atoms with E-state index in [-0.39, 0.29) is 22.9 Å². The number of nitrogens with zero attached hydrogens (tertiary/aromatic N) is 2. The molecule has 1 aliphatic heterocycles. The number of nitrogens with one attached hydrogen (secondary N) is 1. The van der Waals surface area contributed by atoms with E-state index in [9.17, 15) is 14.9 Å². The molecule has 0 saturated heterocycles. The lowest BCUT2D eigenvalue weighted by atomic mass is 9.80. The Kier molecular flexibility index (Phi) is 5.55. The lowest BCUT2D eigenvalue weighted by Gasteiger charge is -2.29. The van der Waals surface area contributed by atoms with E-state index in [0.717, 1.165) is 0 Å². The number of hydrogen-bond acceptors (Lipinski definition) is 7. The third-order valence-corrected chi connectivity index (χ3v) is 3.68. The fourth-order valence-corrected chi connectivity index (χ4v) is 2.68. The van der Waals surface area contributed by atoms with Crippen LogP contribution in [0.2, 0.25) is 0 Å². The van der Waals surface area contributed by atoms with Gasteiger partial charge in [0.1, 0.15) is 11.8 Å². The first-order valence-corrected chi connectivity index (χ1v) is 7.72. The van der Waals surface area contributed by atoms with Crippen molar-refractivity contribution in [2.24, 2.45) is 0 Å². The zero-order chi connectivity index (χ0) is 18.6. The lowest BCUT2D eigenvalue weighted by Crippen LogP contribution is -2.33. The smallest absolute Gasteiger partial charge is 0.337 e. The van der Waals surface area contributed by atoms with E-state index in [4.69, 9.17) is 9.47 Å². The minimum atomic E-state index is -0.780. The molecule has 2 rings (SSSR count). The average molecular weight is 341 g/mol. The van der Waals surface area contributed by atoms with Gasteiger partial charge in [0, 0.05) is 18.1 Å². The number of hydrogen-bond donors (Lipinski definition) is 1. The second-order valence-electron chi connectivity index (χ2n) is 5.72. The van der Waals surface area contributed by atoms with Crippen LogP contribution in [-0.4, -0.2) is 30.1 Å². The Bertz CT molecular complexity index is 788. The summed E-state index contributed by atoms with van der Waals surface area (Å²) in [4.78, 5) is 29.0. The zero-order valence-corrected chi connectivity index (χ0v) is 14.5. The molecule has 130 valence electrons. The number of methoxy groups -OCH3 is 1. The van der Waals surface area contributed by atoms with Crippen LogP contribution < -0.4 is 5.32 Å². The topological polar surface area (TPSA) is 101 Å². The standard InChI is InChI=1S/C18H19N3O4/c1-10(2)25-18(23)14-11(3)21-13(9-19)16(17(22)24-4)15(14)12-5-7-20-8-6-12/h5-8,10,15,21H,1-4H3. The first-order chi connectivity index (χ1) is 11.9. The first kappa shape index (κ1) is 18.2. The van der Waals surface area contributed by atoms with Crippen molar-refractivity contribution in [2.75, 3.05) is 7.11 Å². The number of carbonyl (C=O) groups excluding carboxylic acids is 2. The Balaban J connectivity index is 2.67. The lowest BCUT2D eigenvalue weighted by molar-refractivity contribution is -0.143. The second kappa shape index (κ2) is 7.62. The molecule has 7 nitrogen and oxygen atoms in total. The van der Waals surface area contributed by atoms with Gasteiger partial charge in [-0.1, -0.05) is 0 Å². The summed E-state index contributed by atoms with van der Waals surface area (Å²) in [6.07, 6.45) is 2.78. The van der Waals surface area contributed by atoms with E-state index >= 15 is 0 Å². The van der Waals surface area contributed by atoms with Gasteiger partial charge in [-0.3, -0.25) is 4.98 Å². The summed E-state index contributed by atoms with van der Waals surface area (Å²) in [5, 5.41) is 12.2. The number of esters is 2. The van der Waals surface area contributed by atoms with Crippen molar-refractivity contribution in [3.63, 3.8) is 0 Å². The minimum absolute atomic E-state index is 0.0484. The number of ether oxygens (including phenoxy) is 2. The van der Waals surface area contributed by atoms with Crippen molar-refractivity contribution in [3.8, 4) is 6.07 Å². The molecule has 0 fully saturated rings. The van der Waals surface area contributed by atoms with Crippen LogP contribution >= 0.6 is 0 Å². The van der Waals surface area contributed by atoms with Crippen LogP contribution in [0.1, 0.15) is 32.3 Å². The highest BCUT2D eigenvalue weighted by atomic mass is 16.5. The molecule has 1 aliphatic rings. The van der Waals surface area contributed by atoms with Gasteiger partial charge < -0.3 is 14.8 Å². The number of rotatable bonds is 4. The predicted molar refractivity (Wildman–Crippen MR) is 88.7 cm³/mol. The molecule has 25 heavy (non-hydrogen) atoms. The molecular formula is C18H19N3O4. The molecule has 1 aromatic rings. The highest BCUT2D eigenvalue weighted by Gasteiger charge is 2.39. The number of pyridine rings is 1. The molecule has 1 N–H and O–H groups in total. The van der Waals surface area contributed by atoms with Gasteiger partial charge in [-0.15, -0.1) is 0 Å². The minimum Gasteiger partial charge on any atom is -0.466 e. The zero-order valence-electron chi connectivity index (χ0n) is 14.5. The van der Waals surface area contributed by atoms with Crippen LogP contribution in [0.15, 0.2) is 47.1 Å². The van der Waals surface area contributed by atoms with Gasteiger partial charge >= 0.3 is 11.9 Å². The fourth-order valence-electron chi connectivity index (χ4n) is 2.68. The SMILES string of the molecule is COC(=O)C1=C(C#N)NC(C)=C(C(=O)OC(C)C)C1c1ccncc1. The maximum absolute atomic E-state index is 12.7. The largest absolute Gasteiger partial charge is 0.466 e. The van der Waals surface area contributed by atoms with Crippen LogP contribution in [0, 0.1) is 11.3 Å². The molecule has 1 unspecified atom stereocenters. The number of dihydropyridines is 1. The molecule has 0 aliphatic carbocycles. The van der Waals surface area contributed by atoms with E-state index in [2.05, 4.69) is 10.3 Å². The maximum atomic E-state index is 12.7. The van der Waals surface area contributed by atoms with Crippen molar-refractivity contribution >= 4 is 11.9 Å². The maximum Gasteiger partial charge on any atom is 0.337 e. The summed E-state index contributed by atoms with van der Waals surface area (Å²) >= 11 is 0. The molecule has 0 spiro atoms. The van der Waals surface area contributed by atoms with Crippen molar-refractivity contribution in [3.05, 3.63) is 52.6 Å². The van der Waals surface area contributed by atoms with Crippen molar-refractivity contribution in [1.29, 1.82) is 5.26 Å². The summed E-state index contributed by atoms with van der Waals surface area (Å²) in [5.41, 5.74) is 1.47. The van der Waals surface area contributed by atoms with E-state index in [1.807, 2.05) is 6.07 Å². The van der Waals surface area contributed by atoms with E-state index in [1.54, 1.807) is 45.3 Å². The Morgan fingerprint density at radius 3 is 2.40 bits per heavy atom. The monoisotopic (exact) mass is 341 g/mol. The molecule has 7 heteroatoms. The van der Waals surface area contributed by atoms with E-state index in [0.29, 0.717) is 11.3 Å². The first-order valence-electron chi connectivity index (χ1n) is 7.72. The highest BCUT2D eigenvalue weighted by molar-refractivity contribution is 6.00. The highest BCUT2D eigenvalue weighted by Crippen LogP contribution is 2.39. The van der Waals surface area contributed by atoms with Gasteiger partial charge in [-0.25, -0.2) is 9.59 Å². The third kappa shape index (κ3) is 3.69. The molecule has 0 bridgehead atoms. The van der Waals surface area contributed by atoms with Crippen LogP contribution in [0.25, 0.3) is 0 Å². The summed E-state index contributed by atoms with van der Waals surface area (Å²) in [6.45, 7) is 5.14. The molecule has 1 aromatic heterocycles. The molecule has 1 atom stereocenters. The summed E-state index contributed by atoms with van der Waals surface area (Å²) in [7, 11) is 1.23. The van der Waals surface area contributed by atoms with E-state index < -0.39 is 17.9 Å². The average Bonchev–Trinajstić information content (AvgIpc) is 2.59. The quantitative estimate of drug-likeness (QED) is 0.835. The molecule has 0 aromatic carbocycles. The number of carbonyl (C=O) groups is 2. The van der Waals surface area contributed by atoms with Crippen molar-refractivity contribution in [2.45, 2.75) is 32.8 Å². The van der Waals surface area contributed by atoms with Crippen molar-refractivity contribution < 1.29 is 19.1 Å². The Hall–Kier alpha value is -3.14. The summed E-state index contributed by atoms with van der Waals surface area (Å²) < 4.78 is 10.2. The molecular weight excluding hydrogens is 322 g/mol. The summed E-state index contributed by atoms with van der Waals surface area (Å²) in [6, 6.07) is 5.33.